The van der Waals surface area contributed by atoms with Crippen molar-refractivity contribution in [3.8, 4) is 0 Å². The average Bonchev–Trinajstić information content (AvgIpc) is 2.30. The molecule has 0 fully saturated rings. The largest absolute Gasteiger partial charge is 0.353 e. The summed E-state index contributed by atoms with van der Waals surface area (Å²) in [7, 11) is 4.07. The average molecular weight is 1220 g/mol. The highest BCUT2D eigenvalue weighted by atomic mass is 31.2. The Bertz CT molecular complexity index is 3830. The number of para-hydroxylation sites is 3. The summed E-state index contributed by atoms with van der Waals surface area (Å²) in [6.45, 7) is 11.9. The summed E-state index contributed by atoms with van der Waals surface area (Å²) < 4.78 is 8.83. The number of aromatic nitrogens is 4. The van der Waals surface area contributed by atoms with Gasteiger partial charge in [0.1, 0.15) is 54.2 Å². The number of rotatable bonds is 14. The lowest BCUT2D eigenvalue weighted by molar-refractivity contribution is -0.751. The monoisotopic (exact) mass is 1220 g/mol. The number of benzene rings is 8. The highest BCUT2D eigenvalue weighted by Gasteiger charge is 2.45. The van der Waals surface area contributed by atoms with Crippen LogP contribution in [0, 0.1) is 0 Å². The molecule has 0 amide bonds. The first-order valence-corrected chi connectivity index (χ1v) is 37.7. The van der Waals surface area contributed by atoms with Gasteiger partial charge in [-0.25, -0.2) is 14.0 Å². The number of nitrogens with zero attached hydrogens (tertiary/aromatic N) is 8. The van der Waals surface area contributed by atoms with Crippen molar-refractivity contribution < 1.29 is 13.8 Å². The van der Waals surface area contributed by atoms with Gasteiger partial charge in [0.25, 0.3) is 5.82 Å². The lowest BCUT2D eigenvalue weighted by Crippen LogP contribution is -2.43. The number of fused-ring (bicyclic) bond motifs is 1. The molecular weight excluding hydrogens is 1130 g/mol. The molecule has 11 heteroatoms. The molecule has 2 aliphatic rings. The first-order chi connectivity index (χ1) is 42.8. The summed E-state index contributed by atoms with van der Waals surface area (Å²) in [6.07, 6.45) is 16.5. The zero-order chi connectivity index (χ0) is 61.5. The van der Waals surface area contributed by atoms with E-state index < -0.39 is 21.8 Å². The Hall–Kier alpha value is -8.50. The molecule has 3 aromatic heterocycles. The Morgan fingerprint density at radius 3 is 1.19 bits per heavy atom. The smallest absolute Gasteiger partial charge is 0.282 e. The third-order valence-corrected chi connectivity index (χ3v) is 28.9. The van der Waals surface area contributed by atoms with E-state index in [-0.39, 0.29) is 6.17 Å². The summed E-state index contributed by atoms with van der Waals surface area (Å²) >= 11 is 0. The lowest BCUT2D eigenvalue weighted by atomic mass is 10.3. The second-order valence-corrected chi connectivity index (χ2v) is 34.4. The Morgan fingerprint density at radius 1 is 0.364 bits per heavy atom. The van der Waals surface area contributed by atoms with Gasteiger partial charge in [-0.3, -0.25) is 0 Å². The highest BCUT2D eigenvalue weighted by molar-refractivity contribution is 7.89. The number of hydrogen-bond donors (Lipinski definition) is 0. The van der Waals surface area contributed by atoms with E-state index in [1.807, 2.05) is 12.1 Å². The van der Waals surface area contributed by atoms with E-state index in [9.17, 15) is 0 Å². The van der Waals surface area contributed by atoms with Gasteiger partial charge in [-0.2, -0.15) is 0 Å². The van der Waals surface area contributed by atoms with Crippen LogP contribution in [0.3, 0.4) is 0 Å². The highest BCUT2D eigenvalue weighted by Crippen LogP contribution is 2.57. The van der Waals surface area contributed by atoms with Crippen LogP contribution in [0.25, 0.3) is 0 Å². The van der Waals surface area contributed by atoms with E-state index in [0.717, 1.165) is 18.7 Å². The van der Waals surface area contributed by atoms with Crippen molar-refractivity contribution in [3.63, 3.8) is 0 Å². The molecule has 0 saturated heterocycles. The Morgan fingerprint density at radius 2 is 0.750 bits per heavy atom. The number of anilines is 4. The van der Waals surface area contributed by atoms with Gasteiger partial charge < -0.3 is 14.7 Å². The van der Waals surface area contributed by atoms with E-state index in [0.29, 0.717) is 6.17 Å². The lowest BCUT2D eigenvalue weighted by Gasteiger charge is -2.33. The SMILES string of the molecule is C[C@H]1N(C)c2ccccc2N1C[P+](C)(c1ccccc1)c1ccccc1.C[C@H]1N(c2ccccc2)C=CN1c1cccc[n+]1C.C[n+]1ccccc1C[P+](C)(c1ccccc1)c1ccccc1.C[n+]1cccn1C[P+](C)(c1ccccc1)c1ccccc1. The maximum absolute atomic E-state index is 2.59. The fraction of sp³-hybridized carbons (Fsp3) is 0.182. The Labute approximate surface area is 526 Å². The molecule has 0 saturated carbocycles. The summed E-state index contributed by atoms with van der Waals surface area (Å²) in [4.78, 5) is 9.51. The third-order valence-electron chi connectivity index (χ3n) is 17.5. The minimum atomic E-state index is -1.54. The first-order valence-electron chi connectivity index (χ1n) is 30.5. The van der Waals surface area contributed by atoms with Gasteiger partial charge >= 0.3 is 0 Å². The second kappa shape index (κ2) is 29.0. The van der Waals surface area contributed by atoms with E-state index in [1.165, 1.54) is 60.4 Å². The van der Waals surface area contributed by atoms with Gasteiger partial charge in [-0.15, -0.1) is 9.36 Å². The van der Waals surface area contributed by atoms with Gasteiger partial charge in [-0.1, -0.05) is 146 Å². The molecule has 11 aromatic rings. The minimum absolute atomic E-state index is 0.274. The van der Waals surface area contributed by atoms with Crippen LogP contribution in [0.4, 0.5) is 22.9 Å². The number of aryl methyl sites for hydroxylation is 3. The topological polar surface area (TPSA) is 29.5 Å². The van der Waals surface area contributed by atoms with Crippen molar-refractivity contribution in [1.29, 1.82) is 0 Å². The van der Waals surface area contributed by atoms with Crippen molar-refractivity contribution >= 4 is 76.5 Å². The minimum Gasteiger partial charge on any atom is -0.353 e. The van der Waals surface area contributed by atoms with E-state index in [4.69, 9.17) is 0 Å². The molecule has 0 radical (unpaired) electrons. The van der Waals surface area contributed by atoms with Crippen LogP contribution >= 0.6 is 21.8 Å². The van der Waals surface area contributed by atoms with Crippen molar-refractivity contribution in [1.82, 2.24) is 4.68 Å². The van der Waals surface area contributed by atoms with Crippen LogP contribution < -0.4 is 65.2 Å². The number of hydrogen-bond acceptors (Lipinski definition) is 4. The van der Waals surface area contributed by atoms with Gasteiger partial charge in [0.2, 0.25) is 5.69 Å². The molecule has 8 aromatic carbocycles. The zero-order valence-corrected chi connectivity index (χ0v) is 55.4. The molecular formula is C77H87N8P3+6. The van der Waals surface area contributed by atoms with Crippen LogP contribution in [0.2, 0.25) is 0 Å². The molecule has 0 unspecified atom stereocenters. The van der Waals surface area contributed by atoms with Gasteiger partial charge in [0, 0.05) is 43.2 Å². The molecule has 444 valence electrons. The molecule has 13 rings (SSSR count). The molecule has 0 aliphatic carbocycles. The normalized spacial score (nSPS) is 14.4. The van der Waals surface area contributed by atoms with Crippen LogP contribution in [-0.2, 0) is 33.6 Å². The van der Waals surface area contributed by atoms with Crippen LogP contribution in [0.1, 0.15) is 19.5 Å². The predicted octanol–water partition coefficient (Wildman–Crippen LogP) is 13.1. The standard InChI is InChI=1S/C23H26N2P.C20H22NP.C18H21N2P.C16H18N3/c1-19-24(2)22-16-10-11-17-23(22)25(19)18-26(3,20-12-6-4-7-13-20)21-14-8-5-9-15-21;1-21-16-10-9-11-18(21)17-22(2,19-12-5-3-6-13-19)20-14-7-4-8-15-20;1-19-14-9-15-20(19)16-21(2,17-10-5-3-6-11-17)18-12-7-4-8-13-18;1-14-18(15-8-4-3-5-9-15)12-13-19(14)16-10-6-7-11-17(16)2/h4-17,19H,18H2,1-3H3;3-16H,17H2,1-2H3;3-15H,16H2,1-2H3;3-14H,1-2H3/q+1;2*+2;+1/t19-;;;14-/m0..0/s1. The summed E-state index contributed by atoms with van der Waals surface area (Å²) in [5, 5.41) is 8.75. The quantitative estimate of drug-likeness (QED) is 0.0802. The summed E-state index contributed by atoms with van der Waals surface area (Å²) in [5.41, 5.74) is 5.27. The predicted molar refractivity (Wildman–Crippen MR) is 381 cm³/mol. The molecule has 0 N–H and O–H groups in total. The van der Waals surface area contributed by atoms with Gasteiger partial charge in [0.15, 0.2) is 38.1 Å². The fourth-order valence-electron chi connectivity index (χ4n) is 12.0. The van der Waals surface area contributed by atoms with Crippen LogP contribution in [0.5, 0.6) is 0 Å². The Balaban J connectivity index is 0.000000130. The second-order valence-electron chi connectivity index (χ2n) is 23.3. The van der Waals surface area contributed by atoms with E-state index >= 15 is 0 Å². The van der Waals surface area contributed by atoms with Crippen LogP contribution in [0.15, 0.2) is 316 Å². The van der Waals surface area contributed by atoms with Crippen molar-refractivity contribution in [3.05, 3.63) is 322 Å². The van der Waals surface area contributed by atoms with Crippen LogP contribution in [-0.4, -0.2) is 50.3 Å². The molecule has 8 nitrogen and oxygen atoms in total. The third kappa shape index (κ3) is 14.2. The van der Waals surface area contributed by atoms with E-state index in [2.05, 4.69) is 404 Å². The molecule has 88 heavy (non-hydrogen) atoms. The maximum Gasteiger partial charge on any atom is 0.282 e. The Kier molecular flexibility index (Phi) is 20.6. The number of pyridine rings is 2. The molecule has 2 aliphatic heterocycles. The van der Waals surface area contributed by atoms with Crippen molar-refractivity contribution in [2.75, 3.05) is 52.9 Å². The molecule has 0 bridgehead atoms. The van der Waals surface area contributed by atoms with Crippen molar-refractivity contribution in [2.24, 2.45) is 21.1 Å². The zero-order valence-electron chi connectivity index (χ0n) is 52.7. The van der Waals surface area contributed by atoms with Crippen molar-refractivity contribution in [2.45, 2.75) is 38.6 Å². The molecule has 0 spiro atoms. The molecule has 2 atom stereocenters. The molecule has 5 heterocycles. The first kappa shape index (κ1) is 62.5. The van der Waals surface area contributed by atoms with Gasteiger partial charge in [-0.05, 0) is 123 Å². The van der Waals surface area contributed by atoms with E-state index in [1.54, 1.807) is 0 Å². The maximum atomic E-state index is 2.59. The summed E-state index contributed by atoms with van der Waals surface area (Å²) in [5.74, 6) is 1.18. The summed E-state index contributed by atoms with van der Waals surface area (Å²) in [6, 6.07) is 99.9. The van der Waals surface area contributed by atoms with Gasteiger partial charge in [0.05, 0.1) is 75.9 Å². The fourth-order valence-corrected chi connectivity index (χ4v) is 21.8.